The van der Waals surface area contributed by atoms with E-state index in [4.69, 9.17) is 34.4 Å². The lowest BCUT2D eigenvalue weighted by molar-refractivity contribution is 0.0582. The topological polar surface area (TPSA) is 29.5 Å². The molecule has 2 rings (SSSR count). The number of piperidine rings is 1. The van der Waals surface area contributed by atoms with Gasteiger partial charge in [-0.2, -0.15) is 0 Å². The highest BCUT2D eigenvalue weighted by Crippen LogP contribution is 2.32. The largest absolute Gasteiger partial charge is 0.369 e. The monoisotopic (exact) mass is 331 g/mol. The van der Waals surface area contributed by atoms with Gasteiger partial charge in [0.15, 0.2) is 0 Å². The average Bonchev–Trinajstić information content (AvgIpc) is 2.78. The minimum absolute atomic E-state index is 0.0406. The Kier molecular flexibility index (Phi) is 5.74. The molecule has 0 atom stereocenters. The van der Waals surface area contributed by atoms with Crippen LogP contribution in [-0.4, -0.2) is 37.1 Å². The predicted molar refractivity (Wildman–Crippen MR) is 82.6 cm³/mol. The van der Waals surface area contributed by atoms with Crippen molar-refractivity contribution in [2.24, 2.45) is 5.92 Å². The number of terminal acetylenes is 1. The number of hydrogen-bond acceptors (Lipinski definition) is 3. The van der Waals surface area contributed by atoms with Gasteiger partial charge < -0.3 is 9.64 Å². The molecule has 0 N–H and O–H groups in total. The minimum Gasteiger partial charge on any atom is -0.369 e. The molecular formula is C14H15Cl2NO2S. The van der Waals surface area contributed by atoms with E-state index in [2.05, 4.69) is 5.92 Å². The van der Waals surface area contributed by atoms with Crippen LogP contribution in [0.3, 0.4) is 0 Å². The van der Waals surface area contributed by atoms with Crippen LogP contribution in [0.2, 0.25) is 8.67 Å². The first-order valence-corrected chi connectivity index (χ1v) is 7.94. The first-order valence-electron chi connectivity index (χ1n) is 6.37. The molecule has 0 unspecified atom stereocenters. The van der Waals surface area contributed by atoms with Crippen molar-refractivity contribution >= 4 is 40.4 Å². The van der Waals surface area contributed by atoms with Crippen LogP contribution in [-0.2, 0) is 4.74 Å². The second kappa shape index (κ2) is 7.33. The van der Waals surface area contributed by atoms with E-state index >= 15 is 0 Å². The standard InChI is InChI=1S/C14H15Cl2NO2S/c1-2-7-19-9-10-3-5-17(6-4-10)14(18)11-8-12(15)20-13(11)16/h1,8,10H,3-7,9H2. The zero-order valence-electron chi connectivity index (χ0n) is 10.9. The fraction of sp³-hybridized carbons (Fsp3) is 0.500. The number of ether oxygens (including phenoxy) is 1. The summed E-state index contributed by atoms with van der Waals surface area (Å²) in [5.74, 6) is 2.88. The summed E-state index contributed by atoms with van der Waals surface area (Å²) in [7, 11) is 0. The Balaban J connectivity index is 1.86. The van der Waals surface area contributed by atoms with Crippen LogP contribution in [0.15, 0.2) is 6.07 Å². The number of thiophene rings is 1. The van der Waals surface area contributed by atoms with E-state index in [1.165, 1.54) is 11.3 Å². The van der Waals surface area contributed by atoms with Gasteiger partial charge in [-0.15, -0.1) is 17.8 Å². The van der Waals surface area contributed by atoms with Crippen molar-refractivity contribution in [3.05, 3.63) is 20.3 Å². The highest BCUT2D eigenvalue weighted by Gasteiger charge is 2.25. The number of rotatable bonds is 4. The Labute approximate surface area is 132 Å². The van der Waals surface area contributed by atoms with Crippen LogP contribution in [0.25, 0.3) is 0 Å². The number of likely N-dealkylation sites (tertiary alicyclic amines) is 1. The van der Waals surface area contributed by atoms with Crippen molar-refractivity contribution in [3.8, 4) is 12.3 Å². The maximum Gasteiger partial charge on any atom is 0.256 e. The Bertz CT molecular complexity index is 516. The van der Waals surface area contributed by atoms with Crippen LogP contribution in [0.5, 0.6) is 0 Å². The highest BCUT2D eigenvalue weighted by molar-refractivity contribution is 7.20. The predicted octanol–water partition coefficient (Wildman–Crippen LogP) is 3.56. The molecule has 1 aliphatic rings. The van der Waals surface area contributed by atoms with Gasteiger partial charge in [0, 0.05) is 13.1 Å². The molecule has 6 heteroatoms. The molecule has 1 aromatic heterocycles. The molecule has 1 fully saturated rings. The molecule has 0 spiro atoms. The van der Waals surface area contributed by atoms with E-state index < -0.39 is 0 Å². The Hall–Kier alpha value is -0.730. The second-order valence-electron chi connectivity index (χ2n) is 4.69. The second-order valence-corrected chi connectivity index (χ2v) is 6.98. The van der Waals surface area contributed by atoms with Crippen molar-refractivity contribution in [2.45, 2.75) is 12.8 Å². The molecule has 1 amide bonds. The van der Waals surface area contributed by atoms with Gasteiger partial charge in [0.1, 0.15) is 10.9 Å². The van der Waals surface area contributed by atoms with Gasteiger partial charge in [-0.25, -0.2) is 0 Å². The lowest BCUT2D eigenvalue weighted by Crippen LogP contribution is -2.39. The summed E-state index contributed by atoms with van der Waals surface area (Å²) < 4.78 is 6.34. The Morgan fingerprint density at radius 3 is 2.75 bits per heavy atom. The molecule has 0 aromatic carbocycles. The van der Waals surface area contributed by atoms with Crippen LogP contribution < -0.4 is 0 Å². The smallest absolute Gasteiger partial charge is 0.256 e. The number of hydrogen-bond donors (Lipinski definition) is 0. The van der Waals surface area contributed by atoms with E-state index in [9.17, 15) is 4.79 Å². The van der Waals surface area contributed by atoms with Gasteiger partial charge >= 0.3 is 0 Å². The number of halogens is 2. The van der Waals surface area contributed by atoms with Gasteiger partial charge in [0.2, 0.25) is 0 Å². The third kappa shape index (κ3) is 3.89. The van der Waals surface area contributed by atoms with E-state index in [0.29, 0.717) is 46.5 Å². The van der Waals surface area contributed by atoms with E-state index in [1.807, 2.05) is 4.90 Å². The van der Waals surface area contributed by atoms with Crippen molar-refractivity contribution in [3.63, 3.8) is 0 Å². The summed E-state index contributed by atoms with van der Waals surface area (Å²) in [6, 6.07) is 1.64. The number of carbonyl (C=O) groups is 1. The van der Waals surface area contributed by atoms with E-state index in [-0.39, 0.29) is 5.91 Å². The number of nitrogens with zero attached hydrogens (tertiary/aromatic N) is 1. The van der Waals surface area contributed by atoms with Gasteiger partial charge in [-0.05, 0) is 24.8 Å². The fourth-order valence-electron chi connectivity index (χ4n) is 2.24. The quantitative estimate of drug-likeness (QED) is 0.623. The first-order chi connectivity index (χ1) is 9.61. The molecule has 2 heterocycles. The SMILES string of the molecule is C#CCOCC1CCN(C(=O)c2cc(Cl)sc2Cl)CC1. The number of amides is 1. The molecule has 0 radical (unpaired) electrons. The van der Waals surface area contributed by atoms with Crippen molar-refractivity contribution in [1.82, 2.24) is 4.90 Å². The summed E-state index contributed by atoms with van der Waals surface area (Å²) in [5, 5.41) is 0. The summed E-state index contributed by atoms with van der Waals surface area (Å²) in [5.41, 5.74) is 0.503. The van der Waals surface area contributed by atoms with E-state index in [0.717, 1.165) is 12.8 Å². The lowest BCUT2D eigenvalue weighted by atomic mass is 9.97. The van der Waals surface area contributed by atoms with Gasteiger partial charge in [0.05, 0.1) is 16.5 Å². The maximum absolute atomic E-state index is 12.3. The van der Waals surface area contributed by atoms with Crippen LogP contribution in [0, 0.1) is 18.3 Å². The summed E-state index contributed by atoms with van der Waals surface area (Å²) >= 11 is 13.1. The minimum atomic E-state index is -0.0406. The normalized spacial score (nSPS) is 16.1. The first kappa shape index (κ1) is 15.7. The molecule has 0 saturated carbocycles. The van der Waals surface area contributed by atoms with Gasteiger partial charge in [-0.3, -0.25) is 4.79 Å². The molecular weight excluding hydrogens is 317 g/mol. The van der Waals surface area contributed by atoms with E-state index in [1.54, 1.807) is 6.07 Å². The fourth-order valence-corrected chi connectivity index (χ4v) is 3.69. The third-order valence-electron chi connectivity index (χ3n) is 3.33. The zero-order valence-corrected chi connectivity index (χ0v) is 13.2. The molecule has 20 heavy (non-hydrogen) atoms. The molecule has 1 saturated heterocycles. The number of carbonyl (C=O) groups excluding carboxylic acids is 1. The summed E-state index contributed by atoms with van der Waals surface area (Å²) in [6.45, 7) is 2.44. The molecule has 108 valence electrons. The molecule has 3 nitrogen and oxygen atoms in total. The molecule has 0 bridgehead atoms. The highest BCUT2D eigenvalue weighted by atomic mass is 35.5. The van der Waals surface area contributed by atoms with Crippen LogP contribution in [0.4, 0.5) is 0 Å². The Morgan fingerprint density at radius 2 is 2.20 bits per heavy atom. The molecule has 1 aliphatic heterocycles. The lowest BCUT2D eigenvalue weighted by Gasteiger charge is -2.31. The third-order valence-corrected chi connectivity index (χ3v) is 4.82. The van der Waals surface area contributed by atoms with Crippen LogP contribution >= 0.6 is 34.5 Å². The van der Waals surface area contributed by atoms with Crippen molar-refractivity contribution in [1.29, 1.82) is 0 Å². The van der Waals surface area contributed by atoms with Gasteiger partial charge in [0.25, 0.3) is 5.91 Å². The summed E-state index contributed by atoms with van der Waals surface area (Å²) in [6.07, 6.45) is 6.98. The zero-order chi connectivity index (χ0) is 14.5. The molecule has 0 aliphatic carbocycles. The van der Waals surface area contributed by atoms with Crippen molar-refractivity contribution in [2.75, 3.05) is 26.3 Å². The molecule has 1 aromatic rings. The van der Waals surface area contributed by atoms with Crippen LogP contribution in [0.1, 0.15) is 23.2 Å². The summed E-state index contributed by atoms with van der Waals surface area (Å²) in [4.78, 5) is 14.2. The maximum atomic E-state index is 12.3. The average molecular weight is 332 g/mol. The van der Waals surface area contributed by atoms with Crippen molar-refractivity contribution < 1.29 is 9.53 Å². The Morgan fingerprint density at radius 1 is 1.50 bits per heavy atom. The van der Waals surface area contributed by atoms with Gasteiger partial charge in [-0.1, -0.05) is 29.1 Å².